The number of nitrogens with zero attached hydrogens (tertiary/aromatic N) is 1. The van der Waals surface area contributed by atoms with E-state index in [9.17, 15) is 18.0 Å². The summed E-state index contributed by atoms with van der Waals surface area (Å²) in [6, 6.07) is 4.27. The molecule has 1 atom stereocenters. The van der Waals surface area contributed by atoms with Crippen molar-refractivity contribution in [3.63, 3.8) is 0 Å². The summed E-state index contributed by atoms with van der Waals surface area (Å²) in [6.07, 6.45) is 4.16. The zero-order valence-corrected chi connectivity index (χ0v) is 20.8. The summed E-state index contributed by atoms with van der Waals surface area (Å²) in [6.45, 7) is 8.76. The van der Waals surface area contributed by atoms with Gasteiger partial charge in [-0.15, -0.1) is 0 Å². The van der Waals surface area contributed by atoms with Crippen molar-refractivity contribution < 1.29 is 27.4 Å². The van der Waals surface area contributed by atoms with Gasteiger partial charge in [0.05, 0.1) is 5.56 Å². The van der Waals surface area contributed by atoms with E-state index < -0.39 is 28.9 Å². The molecule has 3 N–H and O–H groups in total. The molecule has 6 nitrogen and oxygen atoms in total. The number of allylic oxidation sites excluding steroid dienone is 3. The highest BCUT2D eigenvalue weighted by atomic mass is 19.4. The highest BCUT2D eigenvalue weighted by molar-refractivity contribution is 6.04. The number of rotatable bonds is 8. The molecule has 35 heavy (non-hydrogen) atoms. The molecule has 0 aliphatic heterocycles. The maximum atomic E-state index is 12.7. The second-order valence-corrected chi connectivity index (χ2v) is 9.99. The number of ether oxygens (including phenoxy) is 2. The lowest BCUT2D eigenvalue weighted by atomic mass is 9.94. The first-order valence-electron chi connectivity index (χ1n) is 11.5. The number of carbonyl (C=O) groups is 1. The van der Waals surface area contributed by atoms with Crippen LogP contribution in [-0.4, -0.2) is 28.8 Å². The van der Waals surface area contributed by atoms with Crippen LogP contribution in [0.1, 0.15) is 71.4 Å². The summed E-state index contributed by atoms with van der Waals surface area (Å²) in [7, 11) is 0. The first-order valence-corrected chi connectivity index (χ1v) is 11.5. The number of alkyl halides is 3. The van der Waals surface area contributed by atoms with E-state index in [0.717, 1.165) is 31.4 Å². The Labute approximate surface area is 204 Å². The molecular weight excluding hydrogens is 459 g/mol. The Morgan fingerprint density at radius 1 is 1.14 bits per heavy atom. The molecule has 9 heteroatoms. The van der Waals surface area contributed by atoms with Gasteiger partial charge in [0.15, 0.2) is 11.4 Å². The van der Waals surface area contributed by atoms with Crippen molar-refractivity contribution in [1.82, 2.24) is 0 Å². The smallest absolute Gasteiger partial charge is 0.416 e. The minimum atomic E-state index is -4.42. The largest absolute Gasteiger partial charge is 0.477 e. The van der Waals surface area contributed by atoms with Gasteiger partial charge in [0.1, 0.15) is 17.2 Å². The summed E-state index contributed by atoms with van der Waals surface area (Å²) in [5, 5.41) is 7.98. The minimum absolute atomic E-state index is 0.175. The molecule has 1 aromatic carbocycles. The molecule has 1 unspecified atom stereocenters. The number of carbonyl (C=O) groups excluding carboxylic acids is 1. The van der Waals surface area contributed by atoms with Crippen molar-refractivity contribution in [2.45, 2.75) is 77.7 Å². The molecule has 0 aromatic heterocycles. The van der Waals surface area contributed by atoms with E-state index in [-0.39, 0.29) is 23.2 Å². The van der Waals surface area contributed by atoms with E-state index in [1.807, 2.05) is 18.2 Å². The Morgan fingerprint density at radius 2 is 1.77 bits per heavy atom. The SMILES string of the molecule is CC(C)(C)OC(=O)C(C)(C)OC1=CCC(CCCC(N)=NC(=N)c2ccc(C(F)(F)F)cc2)C=C1. The first kappa shape index (κ1) is 28.1. The molecule has 0 fully saturated rings. The number of halogens is 3. The van der Waals surface area contributed by atoms with Gasteiger partial charge in [-0.05, 0) is 84.1 Å². The van der Waals surface area contributed by atoms with E-state index >= 15 is 0 Å². The van der Waals surface area contributed by atoms with Crippen LogP contribution in [0, 0.1) is 11.3 Å². The van der Waals surface area contributed by atoms with Gasteiger partial charge in [-0.2, -0.15) is 13.2 Å². The van der Waals surface area contributed by atoms with Crippen molar-refractivity contribution in [2.24, 2.45) is 16.6 Å². The number of aliphatic imine (C=N–C) groups is 1. The third-order valence-electron chi connectivity index (χ3n) is 5.17. The van der Waals surface area contributed by atoms with Crippen molar-refractivity contribution in [2.75, 3.05) is 0 Å². The van der Waals surface area contributed by atoms with E-state index in [0.29, 0.717) is 12.2 Å². The van der Waals surface area contributed by atoms with Crippen molar-refractivity contribution >= 4 is 17.6 Å². The lowest BCUT2D eigenvalue weighted by Gasteiger charge is -2.30. The van der Waals surface area contributed by atoms with Gasteiger partial charge < -0.3 is 15.2 Å². The van der Waals surface area contributed by atoms with Crippen LogP contribution < -0.4 is 5.73 Å². The molecule has 192 valence electrons. The second-order valence-electron chi connectivity index (χ2n) is 9.99. The van der Waals surface area contributed by atoms with Crippen molar-refractivity contribution in [3.8, 4) is 0 Å². The minimum Gasteiger partial charge on any atom is -0.477 e. The van der Waals surface area contributed by atoms with Crippen LogP contribution in [0.2, 0.25) is 0 Å². The van der Waals surface area contributed by atoms with Crippen molar-refractivity contribution in [1.29, 1.82) is 5.41 Å². The van der Waals surface area contributed by atoms with Gasteiger partial charge in [0, 0.05) is 12.0 Å². The second kappa shape index (κ2) is 11.1. The van der Waals surface area contributed by atoms with Gasteiger partial charge in [-0.3, -0.25) is 5.41 Å². The van der Waals surface area contributed by atoms with E-state index in [4.69, 9.17) is 20.6 Å². The normalized spacial score (nSPS) is 17.1. The fourth-order valence-electron chi connectivity index (χ4n) is 3.30. The standard InChI is InChI=1S/C26H34F3N3O3/c1-24(2,3)35-23(33)25(4,5)34-20-15-9-17(10-16-20)7-6-8-21(30)32-22(31)18-11-13-19(14-12-18)26(27,28)29/h9,11-17H,6-8,10H2,1-5H3,(H3,30,31,32). The van der Waals surface area contributed by atoms with Crippen LogP contribution >= 0.6 is 0 Å². The van der Waals surface area contributed by atoms with Crippen LogP contribution in [0.15, 0.2) is 53.2 Å². The predicted octanol–water partition coefficient (Wildman–Crippen LogP) is 6.16. The zero-order chi connectivity index (χ0) is 26.4. The number of esters is 1. The molecule has 0 radical (unpaired) electrons. The number of nitrogens with one attached hydrogen (secondary N) is 1. The number of hydrogen-bond donors (Lipinski definition) is 2. The summed E-state index contributed by atoms with van der Waals surface area (Å²) in [5.41, 5.74) is 3.71. The monoisotopic (exact) mass is 493 g/mol. The average Bonchev–Trinajstić information content (AvgIpc) is 2.73. The molecule has 0 spiro atoms. The third-order valence-corrected chi connectivity index (χ3v) is 5.17. The highest BCUT2D eigenvalue weighted by Crippen LogP contribution is 2.29. The molecule has 0 amide bonds. The maximum Gasteiger partial charge on any atom is 0.416 e. The Bertz CT molecular complexity index is 1000. The van der Waals surface area contributed by atoms with E-state index in [1.165, 1.54) is 12.1 Å². The van der Waals surface area contributed by atoms with Gasteiger partial charge in [0.2, 0.25) is 0 Å². The van der Waals surface area contributed by atoms with Crippen LogP contribution in [0.25, 0.3) is 0 Å². The third kappa shape index (κ3) is 9.22. The highest BCUT2D eigenvalue weighted by Gasteiger charge is 2.35. The molecule has 1 aromatic rings. The molecule has 2 rings (SSSR count). The van der Waals surface area contributed by atoms with Gasteiger partial charge in [-0.25, -0.2) is 9.79 Å². The summed E-state index contributed by atoms with van der Waals surface area (Å²) in [5.74, 6) is 0.537. The molecule has 1 aliphatic carbocycles. The van der Waals surface area contributed by atoms with Gasteiger partial charge in [-0.1, -0.05) is 18.2 Å². The zero-order valence-electron chi connectivity index (χ0n) is 20.8. The molecule has 1 aliphatic rings. The summed E-state index contributed by atoms with van der Waals surface area (Å²) in [4.78, 5) is 16.4. The fraction of sp³-hybridized carbons (Fsp3) is 0.500. The summed E-state index contributed by atoms with van der Waals surface area (Å²) < 4.78 is 49.3. The predicted molar refractivity (Wildman–Crippen MR) is 130 cm³/mol. The Balaban J connectivity index is 1.80. The quantitative estimate of drug-likeness (QED) is 0.258. The van der Waals surface area contributed by atoms with Gasteiger partial charge >= 0.3 is 12.1 Å². The van der Waals surface area contributed by atoms with Crippen LogP contribution in [0.5, 0.6) is 0 Å². The van der Waals surface area contributed by atoms with E-state index in [1.54, 1.807) is 34.6 Å². The fourth-order valence-corrected chi connectivity index (χ4v) is 3.30. The molecule has 0 saturated heterocycles. The van der Waals surface area contributed by atoms with Crippen molar-refractivity contribution in [3.05, 3.63) is 59.4 Å². The Morgan fingerprint density at radius 3 is 2.29 bits per heavy atom. The lowest BCUT2D eigenvalue weighted by Crippen LogP contribution is -2.40. The molecular formula is C26H34F3N3O3. The van der Waals surface area contributed by atoms with Crippen LogP contribution in [0.3, 0.4) is 0 Å². The number of hydrogen-bond acceptors (Lipinski definition) is 4. The average molecular weight is 494 g/mol. The Hall–Kier alpha value is -3.10. The maximum absolute atomic E-state index is 12.7. The topological polar surface area (TPSA) is 97.8 Å². The number of nitrogens with two attached hydrogens (primary N) is 1. The number of amidine groups is 2. The Kier molecular flexibility index (Phi) is 8.92. The molecule has 0 bridgehead atoms. The van der Waals surface area contributed by atoms with Crippen LogP contribution in [0.4, 0.5) is 13.2 Å². The van der Waals surface area contributed by atoms with Crippen LogP contribution in [-0.2, 0) is 20.4 Å². The first-order chi connectivity index (χ1) is 16.1. The lowest BCUT2D eigenvalue weighted by molar-refractivity contribution is -0.175. The van der Waals surface area contributed by atoms with Gasteiger partial charge in [0.25, 0.3) is 0 Å². The number of benzene rings is 1. The molecule has 0 saturated carbocycles. The molecule has 0 heterocycles. The van der Waals surface area contributed by atoms with E-state index in [2.05, 4.69) is 4.99 Å². The summed E-state index contributed by atoms with van der Waals surface area (Å²) >= 11 is 0.